The summed E-state index contributed by atoms with van der Waals surface area (Å²) in [6.45, 7) is 2.01. The van der Waals surface area contributed by atoms with E-state index in [1.165, 1.54) is 11.3 Å². The summed E-state index contributed by atoms with van der Waals surface area (Å²) in [6, 6.07) is 11.2. The van der Waals surface area contributed by atoms with Gasteiger partial charge in [0.1, 0.15) is 16.9 Å². The van der Waals surface area contributed by atoms with E-state index in [0.717, 1.165) is 28.3 Å². The number of ether oxygens (including phenoxy) is 3. The topological polar surface area (TPSA) is 82.6 Å². The maximum atomic E-state index is 12.6. The van der Waals surface area contributed by atoms with E-state index in [1.54, 1.807) is 20.3 Å². The molecule has 0 spiro atoms. The molecule has 1 unspecified atom stereocenters. The molecule has 1 aliphatic rings. The second kappa shape index (κ2) is 8.08. The summed E-state index contributed by atoms with van der Waals surface area (Å²) in [4.78, 5) is 12.6. The van der Waals surface area contributed by atoms with Crippen LogP contribution < -0.4 is 19.5 Å². The van der Waals surface area contributed by atoms with Gasteiger partial charge in [0.2, 0.25) is 5.13 Å². The molecule has 3 aromatic rings. The van der Waals surface area contributed by atoms with Gasteiger partial charge in [0.15, 0.2) is 11.5 Å². The van der Waals surface area contributed by atoms with Crippen LogP contribution in [0, 0.1) is 0 Å². The third-order valence-electron chi connectivity index (χ3n) is 4.65. The van der Waals surface area contributed by atoms with Gasteiger partial charge in [-0.1, -0.05) is 17.4 Å². The minimum atomic E-state index is -0.207. The van der Waals surface area contributed by atoms with Crippen LogP contribution in [0.3, 0.4) is 0 Å². The predicted molar refractivity (Wildman–Crippen MR) is 110 cm³/mol. The van der Waals surface area contributed by atoms with Gasteiger partial charge >= 0.3 is 0 Å². The van der Waals surface area contributed by atoms with E-state index in [-0.39, 0.29) is 12.0 Å². The fourth-order valence-corrected chi connectivity index (χ4v) is 4.04. The monoisotopic (exact) mass is 411 g/mol. The van der Waals surface area contributed by atoms with Gasteiger partial charge in [-0.2, -0.15) is 0 Å². The van der Waals surface area contributed by atoms with Gasteiger partial charge in [0.25, 0.3) is 5.91 Å². The lowest BCUT2D eigenvalue weighted by molar-refractivity contribution is 0.102. The Kier molecular flexibility index (Phi) is 5.35. The smallest absolute Gasteiger partial charge is 0.257 e. The minimum absolute atomic E-state index is 0.144. The zero-order chi connectivity index (χ0) is 20.4. The van der Waals surface area contributed by atoms with Crippen LogP contribution in [0.5, 0.6) is 17.2 Å². The van der Waals surface area contributed by atoms with Gasteiger partial charge in [0, 0.05) is 18.4 Å². The first-order valence-electron chi connectivity index (χ1n) is 9.20. The molecule has 1 aliphatic heterocycles. The Morgan fingerprint density at radius 1 is 1.17 bits per heavy atom. The highest BCUT2D eigenvalue weighted by Crippen LogP contribution is 2.31. The predicted octanol–water partition coefficient (Wildman–Crippen LogP) is 3.72. The summed E-state index contributed by atoms with van der Waals surface area (Å²) >= 11 is 1.35. The summed E-state index contributed by atoms with van der Waals surface area (Å²) in [6.07, 6.45) is 1.54. The summed E-state index contributed by atoms with van der Waals surface area (Å²) in [5, 5.41) is 12.4. The zero-order valence-electron chi connectivity index (χ0n) is 16.4. The number of hydrogen-bond acceptors (Lipinski definition) is 7. The fourth-order valence-electron chi connectivity index (χ4n) is 3.27. The standard InChI is InChI=1S/C21H21N3O4S/c1-12-8-15-11-14(5-7-16(15)28-12)20(25)22-21-24-23-19(29-21)10-13-4-6-17(26-2)18(9-13)27-3/h4-7,9,11-12H,8,10H2,1-3H3,(H,22,24,25). The molecule has 0 saturated heterocycles. The van der Waals surface area contributed by atoms with Crippen LogP contribution in [0.25, 0.3) is 0 Å². The number of fused-ring (bicyclic) bond motifs is 1. The lowest BCUT2D eigenvalue weighted by Crippen LogP contribution is -2.11. The Balaban J connectivity index is 1.43. The van der Waals surface area contributed by atoms with Crippen molar-refractivity contribution in [2.24, 2.45) is 0 Å². The van der Waals surface area contributed by atoms with Gasteiger partial charge in [-0.15, -0.1) is 10.2 Å². The van der Waals surface area contributed by atoms with Gasteiger partial charge in [0.05, 0.1) is 14.2 Å². The Bertz CT molecular complexity index is 1050. The summed E-state index contributed by atoms with van der Waals surface area (Å²) < 4.78 is 16.3. The maximum absolute atomic E-state index is 12.6. The molecule has 4 rings (SSSR count). The molecule has 29 heavy (non-hydrogen) atoms. The fraction of sp³-hybridized carbons (Fsp3) is 0.286. The molecular formula is C21H21N3O4S. The number of anilines is 1. The number of carbonyl (C=O) groups excluding carboxylic acids is 1. The van der Waals surface area contributed by atoms with Crippen molar-refractivity contribution in [2.45, 2.75) is 25.9 Å². The van der Waals surface area contributed by atoms with Crippen LogP contribution in [0.4, 0.5) is 5.13 Å². The van der Waals surface area contributed by atoms with E-state index >= 15 is 0 Å². The minimum Gasteiger partial charge on any atom is -0.493 e. The Labute approximate surface area is 172 Å². The molecule has 1 atom stereocenters. The average Bonchev–Trinajstić information content (AvgIpc) is 3.32. The largest absolute Gasteiger partial charge is 0.493 e. The molecule has 0 aliphatic carbocycles. The van der Waals surface area contributed by atoms with Crippen LogP contribution in [0.1, 0.15) is 33.4 Å². The Morgan fingerprint density at radius 2 is 2.00 bits per heavy atom. The van der Waals surface area contributed by atoms with Crippen molar-refractivity contribution in [1.82, 2.24) is 10.2 Å². The number of hydrogen-bond donors (Lipinski definition) is 1. The lowest BCUT2D eigenvalue weighted by atomic mass is 10.1. The number of nitrogens with zero attached hydrogens (tertiary/aromatic N) is 2. The first-order chi connectivity index (χ1) is 14.1. The number of amides is 1. The molecule has 1 N–H and O–H groups in total. The number of rotatable bonds is 6. The Hall–Kier alpha value is -3.13. The SMILES string of the molecule is COc1ccc(Cc2nnc(NC(=O)c3ccc4c(c3)CC(C)O4)s2)cc1OC. The molecule has 1 aromatic heterocycles. The molecule has 0 saturated carbocycles. The van der Waals surface area contributed by atoms with Gasteiger partial charge < -0.3 is 14.2 Å². The van der Waals surface area contributed by atoms with Crippen LogP contribution in [0.15, 0.2) is 36.4 Å². The van der Waals surface area contributed by atoms with Crippen LogP contribution in [-0.4, -0.2) is 36.4 Å². The maximum Gasteiger partial charge on any atom is 0.257 e. The normalized spacial score (nSPS) is 14.8. The molecular weight excluding hydrogens is 390 g/mol. The van der Waals surface area contributed by atoms with Crippen molar-refractivity contribution in [1.29, 1.82) is 0 Å². The van der Waals surface area contributed by atoms with Gasteiger partial charge in [-0.25, -0.2) is 0 Å². The van der Waals surface area contributed by atoms with E-state index in [0.29, 0.717) is 28.6 Å². The Morgan fingerprint density at radius 3 is 2.79 bits per heavy atom. The number of nitrogens with one attached hydrogen (secondary N) is 1. The van der Waals surface area contributed by atoms with Crippen molar-refractivity contribution >= 4 is 22.4 Å². The van der Waals surface area contributed by atoms with Crippen molar-refractivity contribution in [3.8, 4) is 17.2 Å². The van der Waals surface area contributed by atoms with E-state index in [1.807, 2.05) is 37.3 Å². The quantitative estimate of drug-likeness (QED) is 0.666. The molecule has 150 valence electrons. The zero-order valence-corrected chi connectivity index (χ0v) is 17.2. The third-order valence-corrected chi connectivity index (χ3v) is 5.49. The highest BCUT2D eigenvalue weighted by atomic mass is 32.1. The second-order valence-corrected chi connectivity index (χ2v) is 7.84. The summed E-state index contributed by atoms with van der Waals surface area (Å²) in [5.74, 6) is 1.98. The molecule has 8 heteroatoms. The average molecular weight is 411 g/mol. The molecule has 0 fully saturated rings. The third kappa shape index (κ3) is 4.17. The lowest BCUT2D eigenvalue weighted by Gasteiger charge is -2.08. The van der Waals surface area contributed by atoms with Crippen LogP contribution in [-0.2, 0) is 12.8 Å². The molecule has 1 amide bonds. The molecule has 2 aromatic carbocycles. The molecule has 7 nitrogen and oxygen atoms in total. The van der Waals surface area contributed by atoms with Crippen LogP contribution in [0.2, 0.25) is 0 Å². The number of aromatic nitrogens is 2. The summed E-state index contributed by atoms with van der Waals surface area (Å²) in [7, 11) is 3.21. The summed E-state index contributed by atoms with van der Waals surface area (Å²) in [5.41, 5.74) is 2.65. The second-order valence-electron chi connectivity index (χ2n) is 6.78. The number of benzene rings is 2. The van der Waals surface area contributed by atoms with Crippen LogP contribution >= 0.6 is 11.3 Å². The first-order valence-corrected chi connectivity index (χ1v) is 10.0. The highest BCUT2D eigenvalue weighted by Gasteiger charge is 2.21. The molecule has 0 bridgehead atoms. The molecule has 0 radical (unpaired) electrons. The van der Waals surface area contributed by atoms with Crippen molar-refractivity contribution < 1.29 is 19.0 Å². The van der Waals surface area contributed by atoms with Gasteiger partial charge in [-0.05, 0) is 48.4 Å². The van der Waals surface area contributed by atoms with E-state index in [9.17, 15) is 4.79 Å². The first kappa shape index (κ1) is 19.2. The van der Waals surface area contributed by atoms with E-state index < -0.39 is 0 Å². The van der Waals surface area contributed by atoms with Crippen molar-refractivity contribution in [2.75, 3.05) is 19.5 Å². The van der Waals surface area contributed by atoms with Gasteiger partial charge in [-0.3, -0.25) is 10.1 Å². The number of carbonyl (C=O) groups is 1. The van der Waals surface area contributed by atoms with E-state index in [4.69, 9.17) is 14.2 Å². The van der Waals surface area contributed by atoms with E-state index in [2.05, 4.69) is 15.5 Å². The van der Waals surface area contributed by atoms with Crippen molar-refractivity contribution in [3.63, 3.8) is 0 Å². The van der Waals surface area contributed by atoms with Crippen molar-refractivity contribution in [3.05, 3.63) is 58.1 Å². The number of methoxy groups -OCH3 is 2. The molecule has 2 heterocycles. The highest BCUT2D eigenvalue weighted by molar-refractivity contribution is 7.15.